The number of hydrogen-bond acceptors (Lipinski definition) is 3. The number of anilines is 1. The number of hydrogen-bond donors (Lipinski definition) is 2. The molecule has 1 fully saturated rings. The minimum atomic E-state index is -0.272. The Hall–Kier alpha value is -1.82. The summed E-state index contributed by atoms with van der Waals surface area (Å²) in [6.45, 7) is 5.38. The molecule has 1 aliphatic heterocycles. The van der Waals surface area contributed by atoms with E-state index in [9.17, 15) is 9.18 Å². The molecule has 2 N–H and O–H groups in total. The van der Waals surface area contributed by atoms with Crippen LogP contribution in [0.15, 0.2) is 18.2 Å². The first-order chi connectivity index (χ1) is 10.0. The Balaban J connectivity index is 2.08. The van der Waals surface area contributed by atoms with Crippen molar-refractivity contribution in [3.63, 3.8) is 0 Å². The number of benzene rings is 1. The second-order valence-corrected chi connectivity index (χ2v) is 5.45. The normalized spacial score (nSPS) is 17.4. The van der Waals surface area contributed by atoms with Crippen molar-refractivity contribution in [2.75, 3.05) is 45.2 Å². The molecule has 0 unspecified atom stereocenters. The highest BCUT2D eigenvalue weighted by molar-refractivity contribution is 5.74. The lowest BCUT2D eigenvalue weighted by atomic mass is 10.1. The van der Waals surface area contributed by atoms with Gasteiger partial charge in [0.1, 0.15) is 5.82 Å². The quantitative estimate of drug-likeness (QED) is 0.889. The smallest absolute Gasteiger partial charge is 0.315 e. The SMILES string of the molecule is CNC(=O)N[C@H](C)c1ccc(N2CCN(C)CC2)c(F)c1. The van der Waals surface area contributed by atoms with Crippen molar-refractivity contribution < 1.29 is 9.18 Å². The number of carbonyl (C=O) groups is 1. The number of amides is 2. The van der Waals surface area contributed by atoms with Gasteiger partial charge in [-0.05, 0) is 31.7 Å². The van der Waals surface area contributed by atoms with Crippen LogP contribution in [0.3, 0.4) is 0 Å². The molecule has 0 saturated carbocycles. The van der Waals surface area contributed by atoms with Gasteiger partial charge in [0, 0.05) is 33.2 Å². The summed E-state index contributed by atoms with van der Waals surface area (Å²) >= 11 is 0. The van der Waals surface area contributed by atoms with E-state index in [1.807, 2.05) is 13.0 Å². The summed E-state index contributed by atoms with van der Waals surface area (Å²) in [5.41, 5.74) is 1.40. The monoisotopic (exact) mass is 294 g/mol. The van der Waals surface area contributed by atoms with E-state index in [1.54, 1.807) is 13.1 Å². The molecule has 21 heavy (non-hydrogen) atoms. The van der Waals surface area contributed by atoms with Gasteiger partial charge < -0.3 is 20.4 Å². The van der Waals surface area contributed by atoms with Gasteiger partial charge in [0.2, 0.25) is 0 Å². The number of likely N-dealkylation sites (N-methyl/N-ethyl adjacent to an activating group) is 1. The average Bonchev–Trinajstić information content (AvgIpc) is 2.48. The van der Waals surface area contributed by atoms with Gasteiger partial charge >= 0.3 is 6.03 Å². The zero-order valence-corrected chi connectivity index (χ0v) is 12.8. The van der Waals surface area contributed by atoms with Crippen LogP contribution in [0.5, 0.6) is 0 Å². The zero-order valence-electron chi connectivity index (χ0n) is 12.8. The summed E-state index contributed by atoms with van der Waals surface area (Å²) in [7, 11) is 3.63. The molecule has 0 radical (unpaired) electrons. The first-order valence-corrected chi connectivity index (χ1v) is 7.22. The minimum Gasteiger partial charge on any atom is -0.367 e. The summed E-state index contributed by atoms with van der Waals surface area (Å²) in [6, 6.07) is 4.68. The Morgan fingerprint density at radius 3 is 2.52 bits per heavy atom. The number of halogens is 1. The highest BCUT2D eigenvalue weighted by Gasteiger charge is 2.18. The van der Waals surface area contributed by atoms with Gasteiger partial charge in [-0.25, -0.2) is 9.18 Å². The molecule has 0 spiro atoms. The number of urea groups is 1. The van der Waals surface area contributed by atoms with Gasteiger partial charge in [0.15, 0.2) is 0 Å². The third kappa shape index (κ3) is 3.85. The first kappa shape index (κ1) is 15.6. The molecule has 1 aromatic rings. The van der Waals surface area contributed by atoms with Gasteiger partial charge in [-0.3, -0.25) is 0 Å². The molecule has 0 bridgehead atoms. The number of nitrogens with one attached hydrogen (secondary N) is 2. The molecule has 0 aromatic heterocycles. The predicted molar refractivity (Wildman–Crippen MR) is 82.1 cm³/mol. The predicted octanol–water partition coefficient (Wildman–Crippen LogP) is 1.57. The Bertz CT molecular complexity index is 500. The van der Waals surface area contributed by atoms with Crippen LogP contribution in [-0.2, 0) is 0 Å². The van der Waals surface area contributed by atoms with Crippen molar-refractivity contribution in [1.29, 1.82) is 0 Å². The van der Waals surface area contributed by atoms with E-state index in [2.05, 4.69) is 27.5 Å². The van der Waals surface area contributed by atoms with Crippen molar-refractivity contribution in [1.82, 2.24) is 15.5 Å². The Kier molecular flexibility index (Phi) is 5.01. The molecule has 5 nitrogen and oxygen atoms in total. The molecule has 1 atom stereocenters. The lowest BCUT2D eigenvalue weighted by Gasteiger charge is -2.34. The van der Waals surface area contributed by atoms with Gasteiger partial charge in [0.25, 0.3) is 0 Å². The van der Waals surface area contributed by atoms with Crippen molar-refractivity contribution >= 4 is 11.7 Å². The molecular weight excluding hydrogens is 271 g/mol. The van der Waals surface area contributed by atoms with Crippen LogP contribution < -0.4 is 15.5 Å². The Morgan fingerprint density at radius 1 is 1.29 bits per heavy atom. The molecule has 6 heteroatoms. The fourth-order valence-corrected chi connectivity index (χ4v) is 2.45. The van der Waals surface area contributed by atoms with E-state index in [0.717, 1.165) is 31.7 Å². The Morgan fingerprint density at radius 2 is 1.95 bits per heavy atom. The second-order valence-electron chi connectivity index (χ2n) is 5.45. The number of piperazine rings is 1. The Labute approximate surface area is 125 Å². The molecular formula is C15H23FN4O. The maximum absolute atomic E-state index is 14.3. The van der Waals surface area contributed by atoms with Crippen molar-refractivity contribution in [2.45, 2.75) is 13.0 Å². The molecule has 116 valence electrons. The largest absolute Gasteiger partial charge is 0.367 e. The first-order valence-electron chi connectivity index (χ1n) is 7.22. The highest BCUT2D eigenvalue weighted by Crippen LogP contribution is 2.24. The molecule has 2 amide bonds. The lowest BCUT2D eigenvalue weighted by molar-refractivity contribution is 0.240. The molecule has 1 heterocycles. The topological polar surface area (TPSA) is 47.6 Å². The summed E-state index contributed by atoms with van der Waals surface area (Å²) in [5.74, 6) is -0.234. The van der Waals surface area contributed by atoms with E-state index >= 15 is 0 Å². The van der Waals surface area contributed by atoms with Crippen molar-refractivity contribution in [3.05, 3.63) is 29.6 Å². The summed E-state index contributed by atoms with van der Waals surface area (Å²) in [5, 5.41) is 5.23. The van der Waals surface area contributed by atoms with E-state index in [4.69, 9.17) is 0 Å². The van der Waals surface area contributed by atoms with Crippen LogP contribution in [-0.4, -0.2) is 51.2 Å². The van der Waals surface area contributed by atoms with Crippen LogP contribution >= 0.6 is 0 Å². The molecule has 1 aromatic carbocycles. The lowest BCUT2D eigenvalue weighted by Crippen LogP contribution is -2.44. The molecule has 0 aliphatic carbocycles. The molecule has 2 rings (SSSR count). The van der Waals surface area contributed by atoms with E-state index in [0.29, 0.717) is 5.69 Å². The van der Waals surface area contributed by atoms with Gasteiger partial charge in [-0.1, -0.05) is 6.07 Å². The van der Waals surface area contributed by atoms with Crippen LogP contribution in [0, 0.1) is 5.82 Å². The molecule has 1 saturated heterocycles. The number of nitrogens with zero attached hydrogens (tertiary/aromatic N) is 2. The summed E-state index contributed by atoms with van der Waals surface area (Å²) in [6.07, 6.45) is 0. The summed E-state index contributed by atoms with van der Waals surface area (Å²) < 4.78 is 14.3. The van der Waals surface area contributed by atoms with Gasteiger partial charge in [-0.15, -0.1) is 0 Å². The standard InChI is InChI=1S/C15H23FN4O/c1-11(18-15(21)17-2)12-4-5-14(13(16)10-12)20-8-6-19(3)7-9-20/h4-5,10-11H,6-9H2,1-3H3,(H2,17,18,21)/t11-/m1/s1. The minimum absolute atomic E-state index is 0.234. The molecule has 1 aliphatic rings. The number of rotatable bonds is 3. The maximum atomic E-state index is 14.3. The number of carbonyl (C=O) groups excluding carboxylic acids is 1. The van der Waals surface area contributed by atoms with Gasteiger partial charge in [0.05, 0.1) is 11.7 Å². The van der Waals surface area contributed by atoms with Crippen LogP contribution in [0.2, 0.25) is 0 Å². The van der Waals surface area contributed by atoms with Crippen LogP contribution in [0.1, 0.15) is 18.5 Å². The average molecular weight is 294 g/mol. The van der Waals surface area contributed by atoms with Crippen molar-refractivity contribution in [3.8, 4) is 0 Å². The zero-order chi connectivity index (χ0) is 15.4. The van der Waals surface area contributed by atoms with Crippen LogP contribution in [0.25, 0.3) is 0 Å². The van der Waals surface area contributed by atoms with Crippen molar-refractivity contribution in [2.24, 2.45) is 0 Å². The third-order valence-electron chi connectivity index (χ3n) is 3.89. The van der Waals surface area contributed by atoms with E-state index in [1.165, 1.54) is 6.07 Å². The maximum Gasteiger partial charge on any atom is 0.315 e. The fraction of sp³-hybridized carbons (Fsp3) is 0.533. The van der Waals surface area contributed by atoms with E-state index < -0.39 is 0 Å². The summed E-state index contributed by atoms with van der Waals surface area (Å²) in [4.78, 5) is 15.6. The third-order valence-corrected chi connectivity index (χ3v) is 3.89. The highest BCUT2D eigenvalue weighted by atomic mass is 19.1. The fourth-order valence-electron chi connectivity index (χ4n) is 2.45. The van der Waals surface area contributed by atoms with E-state index in [-0.39, 0.29) is 17.9 Å². The van der Waals surface area contributed by atoms with Gasteiger partial charge in [-0.2, -0.15) is 0 Å². The van der Waals surface area contributed by atoms with Crippen LogP contribution in [0.4, 0.5) is 14.9 Å². The second kappa shape index (κ2) is 6.76.